The molecule has 10 nitrogen and oxygen atoms in total. The Kier molecular flexibility index (Phi) is 12.7. The second-order valence-electron chi connectivity index (χ2n) is 9.60. The number of benzene rings is 3. The monoisotopic (exact) mass is 636 g/mol. The van der Waals surface area contributed by atoms with E-state index in [4.69, 9.17) is 9.29 Å². The van der Waals surface area contributed by atoms with Crippen molar-refractivity contribution < 1.29 is 31.2 Å². The minimum absolute atomic E-state index is 0.0414. The van der Waals surface area contributed by atoms with Gasteiger partial charge in [0.2, 0.25) is 0 Å². The molecule has 228 valence electrons. The molecule has 0 saturated carbocycles. The van der Waals surface area contributed by atoms with Gasteiger partial charge in [-0.1, -0.05) is 65.4 Å². The van der Waals surface area contributed by atoms with Crippen molar-refractivity contribution in [3.63, 3.8) is 0 Å². The van der Waals surface area contributed by atoms with Crippen LogP contribution in [0.3, 0.4) is 0 Å². The first-order chi connectivity index (χ1) is 19.9. The van der Waals surface area contributed by atoms with Gasteiger partial charge in [0.05, 0.1) is 34.3 Å². The zero-order chi connectivity index (χ0) is 30.6. The molecule has 4 rings (SSSR count). The number of thiazole rings is 1. The summed E-state index contributed by atoms with van der Waals surface area (Å²) in [5.41, 5.74) is 3.58. The van der Waals surface area contributed by atoms with E-state index in [1.165, 1.54) is 17.7 Å². The molecule has 0 amide bonds. The summed E-state index contributed by atoms with van der Waals surface area (Å²) in [7, 11) is -7.15. The van der Waals surface area contributed by atoms with Gasteiger partial charge >= 0.3 is 4.87 Å². The minimum Gasteiger partial charge on any atom is -0.506 e. The van der Waals surface area contributed by atoms with E-state index in [0.717, 1.165) is 33.6 Å². The zero-order valence-corrected chi connectivity index (χ0v) is 25.7. The van der Waals surface area contributed by atoms with E-state index < -0.39 is 20.0 Å². The maximum atomic E-state index is 12.1. The molecule has 0 fully saturated rings. The van der Waals surface area contributed by atoms with Crippen LogP contribution in [0.25, 0.3) is 10.2 Å². The third-order valence-corrected chi connectivity index (χ3v) is 9.78. The lowest BCUT2D eigenvalue weighted by Crippen LogP contribution is -2.23. The fourth-order valence-corrected chi connectivity index (χ4v) is 6.51. The number of fused-ring (bicyclic) bond motifs is 1. The van der Waals surface area contributed by atoms with Gasteiger partial charge in [-0.15, -0.1) is 0 Å². The van der Waals surface area contributed by atoms with Gasteiger partial charge in [-0.3, -0.25) is 9.35 Å². The lowest BCUT2D eigenvalue weighted by Gasteiger charge is -2.08. The molecule has 13 heteroatoms. The van der Waals surface area contributed by atoms with Crippen LogP contribution in [0.2, 0.25) is 0 Å². The minimum atomic E-state index is -4.02. The smallest absolute Gasteiger partial charge is 0.305 e. The molecule has 0 bridgehead atoms. The number of aromatic nitrogens is 1. The van der Waals surface area contributed by atoms with E-state index in [1.54, 1.807) is 18.2 Å². The van der Waals surface area contributed by atoms with Crippen LogP contribution in [0.4, 0.5) is 0 Å². The van der Waals surface area contributed by atoms with Gasteiger partial charge in [-0.25, -0.2) is 8.42 Å². The molecule has 0 unspecified atom stereocenters. The quantitative estimate of drug-likeness (QED) is 0.119. The van der Waals surface area contributed by atoms with Gasteiger partial charge in [0.15, 0.2) is 9.84 Å². The second-order valence-corrected chi connectivity index (χ2v) is 14.3. The SMILES string of the molecule is Cc1ccc(S(=O)(=O)O)cc1.O=c1[nH]c2c(O)ccc(CCNCCCS(=O)(=O)CCOCCc3ccccc3)c2s1. The number of H-pyrrole nitrogens is 1. The Morgan fingerprint density at radius 3 is 2.29 bits per heavy atom. The Morgan fingerprint density at radius 2 is 1.60 bits per heavy atom. The molecule has 1 aromatic heterocycles. The fourth-order valence-electron chi connectivity index (χ4n) is 3.97. The third-order valence-electron chi connectivity index (χ3n) is 6.25. The number of nitrogens with one attached hydrogen (secondary N) is 2. The molecule has 0 spiro atoms. The zero-order valence-electron chi connectivity index (χ0n) is 23.3. The van der Waals surface area contributed by atoms with Crippen molar-refractivity contribution in [2.45, 2.75) is 31.1 Å². The summed E-state index contributed by atoms with van der Waals surface area (Å²) in [4.78, 5) is 13.9. The first kappa shape index (κ1) is 33.4. The average molecular weight is 637 g/mol. The summed E-state index contributed by atoms with van der Waals surface area (Å²) in [6, 6.07) is 19.3. The maximum absolute atomic E-state index is 12.1. The Labute approximate surface area is 250 Å². The number of hydrogen-bond acceptors (Lipinski definition) is 9. The van der Waals surface area contributed by atoms with Gasteiger partial charge in [0.25, 0.3) is 10.1 Å². The molecule has 0 atom stereocenters. The second kappa shape index (κ2) is 16.0. The van der Waals surface area contributed by atoms with E-state index >= 15 is 0 Å². The average Bonchev–Trinajstić information content (AvgIpc) is 3.35. The van der Waals surface area contributed by atoms with Crippen LogP contribution in [0.1, 0.15) is 23.1 Å². The molecule has 0 aliphatic carbocycles. The van der Waals surface area contributed by atoms with Crippen LogP contribution in [0.5, 0.6) is 5.75 Å². The number of sulfone groups is 1. The normalized spacial score (nSPS) is 11.8. The van der Waals surface area contributed by atoms with Crippen molar-refractivity contribution in [3.05, 3.63) is 93.1 Å². The number of phenolic OH excluding ortho intramolecular Hbond substituents is 1. The summed E-state index contributed by atoms with van der Waals surface area (Å²) in [5.74, 6) is 0.240. The van der Waals surface area contributed by atoms with E-state index in [0.29, 0.717) is 38.1 Å². The van der Waals surface area contributed by atoms with Crippen LogP contribution in [-0.4, -0.2) is 69.3 Å². The highest BCUT2D eigenvalue weighted by Gasteiger charge is 2.12. The third kappa shape index (κ3) is 11.3. The predicted molar refractivity (Wildman–Crippen MR) is 166 cm³/mol. The summed E-state index contributed by atoms with van der Waals surface area (Å²) in [6.07, 6.45) is 2.00. The first-order valence-electron chi connectivity index (χ1n) is 13.4. The Morgan fingerprint density at radius 1 is 0.881 bits per heavy atom. The summed E-state index contributed by atoms with van der Waals surface area (Å²) in [6.45, 7) is 3.83. The van der Waals surface area contributed by atoms with Crippen LogP contribution in [-0.2, 0) is 37.5 Å². The number of phenols is 1. The first-order valence-corrected chi connectivity index (χ1v) is 17.4. The molecule has 1 heterocycles. The number of hydrogen-bond donors (Lipinski definition) is 4. The summed E-state index contributed by atoms with van der Waals surface area (Å²) >= 11 is 1.08. The molecular weight excluding hydrogens is 601 g/mol. The molecule has 4 aromatic rings. The summed E-state index contributed by atoms with van der Waals surface area (Å²) in [5, 5.41) is 13.1. The van der Waals surface area contributed by atoms with Crippen molar-refractivity contribution in [1.29, 1.82) is 0 Å². The lowest BCUT2D eigenvalue weighted by atomic mass is 10.1. The Balaban J connectivity index is 0.000000369. The molecule has 0 saturated heterocycles. The van der Waals surface area contributed by atoms with Gasteiger partial charge in [-0.05, 0) is 68.6 Å². The van der Waals surface area contributed by atoms with Crippen molar-refractivity contribution in [1.82, 2.24) is 10.3 Å². The highest BCUT2D eigenvalue weighted by molar-refractivity contribution is 7.91. The highest BCUT2D eigenvalue weighted by atomic mass is 32.2. The predicted octanol–water partition coefficient (Wildman–Crippen LogP) is 3.73. The molecular formula is C29H36N2O8S3. The van der Waals surface area contributed by atoms with Crippen molar-refractivity contribution in [2.24, 2.45) is 0 Å². The number of aromatic amines is 1. The van der Waals surface area contributed by atoms with Gasteiger partial charge in [-0.2, -0.15) is 8.42 Å². The van der Waals surface area contributed by atoms with Crippen molar-refractivity contribution in [3.8, 4) is 5.75 Å². The molecule has 0 aliphatic rings. The lowest BCUT2D eigenvalue weighted by molar-refractivity contribution is 0.152. The fraction of sp³-hybridized carbons (Fsp3) is 0.345. The van der Waals surface area contributed by atoms with Gasteiger partial charge in [0.1, 0.15) is 11.3 Å². The molecule has 4 N–H and O–H groups in total. The van der Waals surface area contributed by atoms with Crippen LogP contribution in [0.15, 0.2) is 76.4 Å². The van der Waals surface area contributed by atoms with Crippen molar-refractivity contribution >= 4 is 41.5 Å². The molecule has 0 radical (unpaired) electrons. The topological polar surface area (TPSA) is 163 Å². The number of aryl methyl sites for hydroxylation is 1. The van der Waals surface area contributed by atoms with Crippen LogP contribution >= 0.6 is 11.3 Å². The molecule has 0 aliphatic heterocycles. The molecule has 42 heavy (non-hydrogen) atoms. The number of rotatable bonds is 14. The standard InChI is InChI=1S/C22H28N2O5S2.C7H8O3S/c25-19-8-7-18(21-20(19)24-22(26)30-21)9-12-23-11-4-15-31(27,28)16-14-29-13-10-17-5-2-1-3-6-17;1-6-2-4-7(5-3-6)11(8,9)10/h1-3,5-8,23,25H,4,9-16H2,(H,24,26);2-5H,1H3,(H,8,9,10). The summed E-state index contributed by atoms with van der Waals surface area (Å²) < 4.78 is 60.1. The maximum Gasteiger partial charge on any atom is 0.305 e. The highest BCUT2D eigenvalue weighted by Crippen LogP contribution is 2.27. The van der Waals surface area contributed by atoms with E-state index in [9.17, 15) is 26.7 Å². The number of aromatic hydroxyl groups is 1. The van der Waals surface area contributed by atoms with Gasteiger partial charge in [0, 0.05) is 0 Å². The Bertz CT molecular complexity index is 1680. The van der Waals surface area contributed by atoms with Gasteiger partial charge < -0.3 is 20.1 Å². The molecule has 3 aromatic carbocycles. The van der Waals surface area contributed by atoms with Crippen LogP contribution < -0.4 is 10.2 Å². The largest absolute Gasteiger partial charge is 0.506 e. The van der Waals surface area contributed by atoms with E-state index in [-0.39, 0.29) is 33.6 Å². The van der Waals surface area contributed by atoms with Crippen LogP contribution in [0, 0.1) is 6.92 Å². The van der Waals surface area contributed by atoms with E-state index in [2.05, 4.69) is 10.3 Å². The Hall–Kier alpha value is -3.07. The van der Waals surface area contributed by atoms with Crippen molar-refractivity contribution in [2.75, 3.05) is 37.8 Å². The number of ether oxygens (including phenoxy) is 1. The van der Waals surface area contributed by atoms with E-state index in [1.807, 2.05) is 43.3 Å².